The van der Waals surface area contributed by atoms with E-state index in [9.17, 15) is 13.6 Å². The Morgan fingerprint density at radius 3 is 2.70 bits per heavy atom. The summed E-state index contributed by atoms with van der Waals surface area (Å²) in [6.45, 7) is 1.23. The molecule has 2 bridgehead atoms. The van der Waals surface area contributed by atoms with Gasteiger partial charge in [-0.1, -0.05) is 0 Å². The summed E-state index contributed by atoms with van der Waals surface area (Å²) < 4.78 is 26.5. The van der Waals surface area contributed by atoms with Crippen LogP contribution < -0.4 is 5.32 Å². The Kier molecular flexibility index (Phi) is 4.60. The maximum absolute atomic E-state index is 13.6. The number of hydrogen-bond donors (Lipinski definition) is 1. The van der Waals surface area contributed by atoms with Gasteiger partial charge in [0.2, 0.25) is 0 Å². The van der Waals surface area contributed by atoms with E-state index in [0.29, 0.717) is 25.2 Å². The van der Waals surface area contributed by atoms with Crippen molar-refractivity contribution in [3.8, 4) is 0 Å². The highest BCUT2D eigenvalue weighted by atomic mass is 35.5. The number of benzene rings is 1. The van der Waals surface area contributed by atoms with Crippen molar-refractivity contribution in [1.82, 2.24) is 10.2 Å². The number of nitrogens with one attached hydrogen (secondary N) is 1. The zero-order chi connectivity index (χ0) is 13.4. The van der Waals surface area contributed by atoms with Gasteiger partial charge in [0.15, 0.2) is 0 Å². The minimum absolute atomic E-state index is 0. The summed E-state index contributed by atoms with van der Waals surface area (Å²) >= 11 is 0. The Labute approximate surface area is 122 Å². The molecule has 0 aromatic heterocycles. The number of nitrogens with zero attached hydrogens (tertiary/aromatic N) is 1. The summed E-state index contributed by atoms with van der Waals surface area (Å²) in [4.78, 5) is 14.0. The first-order valence-corrected chi connectivity index (χ1v) is 6.64. The van der Waals surface area contributed by atoms with Crippen LogP contribution in [-0.2, 0) is 0 Å². The molecule has 2 aliphatic heterocycles. The summed E-state index contributed by atoms with van der Waals surface area (Å²) in [6.07, 6.45) is 3.10. The first-order chi connectivity index (χ1) is 9.13. The third-order valence-corrected chi connectivity index (χ3v) is 3.97. The number of rotatable bonds is 1. The third kappa shape index (κ3) is 2.94. The summed E-state index contributed by atoms with van der Waals surface area (Å²) in [5.74, 6) is -1.79. The maximum Gasteiger partial charge on any atom is 0.256 e. The zero-order valence-electron chi connectivity index (χ0n) is 10.9. The Balaban J connectivity index is 0.00000147. The molecule has 110 valence electrons. The van der Waals surface area contributed by atoms with Crippen LogP contribution in [0.2, 0.25) is 0 Å². The van der Waals surface area contributed by atoms with Gasteiger partial charge in [-0.25, -0.2) is 8.78 Å². The molecule has 2 aliphatic rings. The number of carbonyl (C=O) groups is 1. The van der Waals surface area contributed by atoms with Gasteiger partial charge in [-0.3, -0.25) is 4.79 Å². The Hall–Kier alpha value is -1.20. The molecular formula is C14H17ClF2N2O. The second-order valence-corrected chi connectivity index (χ2v) is 5.30. The van der Waals surface area contributed by atoms with Gasteiger partial charge in [-0.2, -0.15) is 0 Å². The van der Waals surface area contributed by atoms with E-state index >= 15 is 0 Å². The van der Waals surface area contributed by atoms with Gasteiger partial charge in [0.1, 0.15) is 11.6 Å². The molecule has 2 heterocycles. The molecule has 2 unspecified atom stereocenters. The number of likely N-dealkylation sites (tertiary alicyclic amines) is 1. The van der Waals surface area contributed by atoms with Crippen LogP contribution in [0.15, 0.2) is 18.2 Å². The van der Waals surface area contributed by atoms with Crippen molar-refractivity contribution in [1.29, 1.82) is 0 Å². The van der Waals surface area contributed by atoms with Crippen molar-refractivity contribution in [2.45, 2.75) is 31.3 Å². The molecule has 2 saturated heterocycles. The Morgan fingerprint density at radius 2 is 1.95 bits per heavy atom. The van der Waals surface area contributed by atoms with Gasteiger partial charge >= 0.3 is 0 Å². The predicted octanol–water partition coefficient (Wildman–Crippen LogP) is 2.35. The van der Waals surface area contributed by atoms with Crippen molar-refractivity contribution in [2.75, 3.05) is 13.1 Å². The van der Waals surface area contributed by atoms with E-state index in [1.165, 1.54) is 6.07 Å². The highest BCUT2D eigenvalue weighted by molar-refractivity contribution is 5.94. The van der Waals surface area contributed by atoms with Crippen LogP contribution in [0, 0.1) is 11.6 Å². The van der Waals surface area contributed by atoms with Crippen molar-refractivity contribution in [2.24, 2.45) is 0 Å². The monoisotopic (exact) mass is 302 g/mol. The van der Waals surface area contributed by atoms with Crippen LogP contribution in [0.5, 0.6) is 0 Å². The molecule has 1 amide bonds. The van der Waals surface area contributed by atoms with Gasteiger partial charge < -0.3 is 10.2 Å². The van der Waals surface area contributed by atoms with Crippen molar-refractivity contribution < 1.29 is 13.6 Å². The van der Waals surface area contributed by atoms with E-state index in [1.807, 2.05) is 0 Å². The quantitative estimate of drug-likeness (QED) is 0.864. The van der Waals surface area contributed by atoms with E-state index in [1.54, 1.807) is 4.90 Å². The number of carbonyl (C=O) groups excluding carboxylic acids is 1. The largest absolute Gasteiger partial charge is 0.337 e. The fourth-order valence-corrected chi connectivity index (χ4v) is 2.96. The maximum atomic E-state index is 13.6. The highest BCUT2D eigenvalue weighted by Crippen LogP contribution is 2.22. The third-order valence-electron chi connectivity index (χ3n) is 3.97. The van der Waals surface area contributed by atoms with Crippen LogP contribution in [0.1, 0.15) is 29.6 Å². The van der Waals surface area contributed by atoms with Crippen molar-refractivity contribution >= 4 is 18.3 Å². The number of fused-ring (bicyclic) bond motifs is 2. The average Bonchev–Trinajstić information content (AvgIpc) is 2.68. The molecule has 0 spiro atoms. The van der Waals surface area contributed by atoms with Gasteiger partial charge in [0.25, 0.3) is 5.91 Å². The van der Waals surface area contributed by atoms with Crippen LogP contribution in [0.25, 0.3) is 0 Å². The fraction of sp³-hybridized carbons (Fsp3) is 0.500. The first kappa shape index (κ1) is 15.2. The zero-order valence-corrected chi connectivity index (χ0v) is 11.8. The lowest BCUT2D eigenvalue weighted by Crippen LogP contribution is -2.39. The average molecular weight is 303 g/mol. The molecule has 1 aromatic rings. The normalized spacial score (nSPS) is 25.0. The molecule has 1 aromatic carbocycles. The lowest BCUT2D eigenvalue weighted by molar-refractivity contribution is 0.0743. The lowest BCUT2D eigenvalue weighted by Gasteiger charge is -2.24. The van der Waals surface area contributed by atoms with Crippen LogP contribution >= 0.6 is 12.4 Å². The Bertz CT molecular complexity index is 512. The molecule has 1 N–H and O–H groups in total. The predicted molar refractivity (Wildman–Crippen MR) is 74.1 cm³/mol. The first-order valence-electron chi connectivity index (χ1n) is 6.64. The minimum Gasteiger partial charge on any atom is -0.337 e. The van der Waals surface area contributed by atoms with Crippen molar-refractivity contribution in [3.63, 3.8) is 0 Å². The molecule has 2 atom stereocenters. The van der Waals surface area contributed by atoms with Crippen LogP contribution in [-0.4, -0.2) is 36.0 Å². The lowest BCUT2D eigenvalue weighted by atomic mass is 10.1. The molecule has 20 heavy (non-hydrogen) atoms. The fourth-order valence-electron chi connectivity index (χ4n) is 2.96. The van der Waals surface area contributed by atoms with Crippen molar-refractivity contribution in [3.05, 3.63) is 35.4 Å². The Morgan fingerprint density at radius 1 is 1.20 bits per heavy atom. The van der Waals surface area contributed by atoms with E-state index in [-0.39, 0.29) is 23.9 Å². The molecule has 3 rings (SSSR count). The van der Waals surface area contributed by atoms with E-state index < -0.39 is 11.6 Å². The number of hydrogen-bond acceptors (Lipinski definition) is 2. The second-order valence-electron chi connectivity index (χ2n) is 5.30. The second kappa shape index (κ2) is 6.06. The van der Waals surface area contributed by atoms with Crippen LogP contribution in [0.4, 0.5) is 8.78 Å². The molecule has 0 radical (unpaired) electrons. The van der Waals surface area contributed by atoms with Gasteiger partial charge in [-0.05, 0) is 31.4 Å². The van der Waals surface area contributed by atoms with E-state index in [2.05, 4.69) is 5.32 Å². The molecule has 6 heteroatoms. The molecule has 0 saturated carbocycles. The van der Waals surface area contributed by atoms with E-state index in [0.717, 1.165) is 31.4 Å². The van der Waals surface area contributed by atoms with Crippen LogP contribution in [0.3, 0.4) is 0 Å². The van der Waals surface area contributed by atoms with Gasteiger partial charge in [0.05, 0.1) is 5.56 Å². The summed E-state index contributed by atoms with van der Waals surface area (Å²) in [6, 6.07) is 3.89. The van der Waals surface area contributed by atoms with E-state index in [4.69, 9.17) is 0 Å². The number of halogens is 3. The summed E-state index contributed by atoms with van der Waals surface area (Å²) in [7, 11) is 0. The molecule has 0 aliphatic carbocycles. The topological polar surface area (TPSA) is 32.3 Å². The standard InChI is InChI=1S/C14H16F2N2O.ClH/c15-9-1-4-12(13(16)7-9)14(19)18-6-5-10-2-3-11(8-18)17-10;/h1,4,7,10-11,17H,2-3,5-6,8H2;1H. The highest BCUT2D eigenvalue weighted by Gasteiger charge is 2.32. The van der Waals surface area contributed by atoms with Gasteiger partial charge in [-0.15, -0.1) is 12.4 Å². The molecule has 3 nitrogen and oxygen atoms in total. The van der Waals surface area contributed by atoms with Gasteiger partial charge in [0, 0.05) is 31.2 Å². The minimum atomic E-state index is -0.785. The smallest absolute Gasteiger partial charge is 0.256 e. The summed E-state index contributed by atoms with van der Waals surface area (Å²) in [5.41, 5.74) is -0.0424. The molecule has 2 fully saturated rings. The summed E-state index contributed by atoms with van der Waals surface area (Å²) in [5, 5.41) is 3.47. The number of amides is 1. The SMILES string of the molecule is Cl.O=C(c1ccc(F)cc1F)N1CCC2CCC(C1)N2. The molecular weight excluding hydrogens is 286 g/mol.